The third kappa shape index (κ3) is 0.812. The lowest BCUT2D eigenvalue weighted by molar-refractivity contribution is -0.117. The van der Waals surface area contributed by atoms with E-state index in [-0.39, 0.29) is 11.3 Å². The molecule has 2 amide bonds. The van der Waals surface area contributed by atoms with Crippen molar-refractivity contribution in [1.82, 2.24) is 10.9 Å². The lowest BCUT2D eigenvalue weighted by Gasteiger charge is -1.89. The molecule has 0 bridgehead atoms. The van der Waals surface area contributed by atoms with Crippen LogP contribution in [0.15, 0.2) is 11.3 Å². The number of hydrogen-bond donors (Lipinski definition) is 3. The van der Waals surface area contributed by atoms with E-state index in [0.29, 0.717) is 0 Å². The predicted molar refractivity (Wildman–Crippen MR) is 31.6 cm³/mol. The van der Waals surface area contributed by atoms with Crippen LogP contribution in [-0.4, -0.2) is 16.9 Å². The van der Waals surface area contributed by atoms with Crippen molar-refractivity contribution in [2.24, 2.45) is 0 Å². The summed E-state index contributed by atoms with van der Waals surface area (Å²) < 4.78 is 0. The van der Waals surface area contributed by atoms with Gasteiger partial charge >= 0.3 is 0 Å². The Hall–Kier alpha value is -1.52. The first-order valence-corrected chi connectivity index (χ1v) is 2.63. The number of carbonyl (C=O) groups is 2. The van der Waals surface area contributed by atoms with Gasteiger partial charge < -0.3 is 5.11 Å². The predicted octanol–water partition coefficient (Wildman–Crippen LogP) is -1.02. The molecule has 0 spiro atoms. The Kier molecular flexibility index (Phi) is 1.33. The largest absolute Gasteiger partial charge is 0.512 e. The minimum absolute atomic E-state index is 0.222. The molecule has 0 saturated carbocycles. The van der Waals surface area contributed by atoms with Crippen LogP contribution in [0.3, 0.4) is 0 Å². The quantitative estimate of drug-likeness (QED) is 0.230. The minimum Gasteiger partial charge on any atom is -0.512 e. The van der Waals surface area contributed by atoms with E-state index in [1.807, 2.05) is 10.9 Å². The minimum atomic E-state index is -0.593. The molecule has 1 saturated heterocycles. The van der Waals surface area contributed by atoms with Gasteiger partial charge in [-0.3, -0.25) is 20.4 Å². The maximum absolute atomic E-state index is 10.6. The first kappa shape index (κ1) is 6.60. The standard InChI is InChI=1S/C5H6N2O3/c1-2(8)3-4(9)6-7-5(3)10/h8H,1H3,(H,6,9)(H,7,10). The smallest absolute Gasteiger partial charge is 0.278 e. The topological polar surface area (TPSA) is 78.4 Å². The van der Waals surface area contributed by atoms with Crippen LogP contribution < -0.4 is 10.9 Å². The molecule has 0 atom stereocenters. The first-order chi connectivity index (χ1) is 4.63. The molecule has 1 aliphatic heterocycles. The van der Waals surface area contributed by atoms with Gasteiger partial charge in [-0.15, -0.1) is 0 Å². The molecule has 0 unspecified atom stereocenters. The summed E-state index contributed by atoms with van der Waals surface area (Å²) in [5.41, 5.74) is 3.87. The normalized spacial score (nSPS) is 16.7. The summed E-state index contributed by atoms with van der Waals surface area (Å²) in [4.78, 5) is 21.2. The summed E-state index contributed by atoms with van der Waals surface area (Å²) in [5.74, 6) is -1.46. The molecule has 5 nitrogen and oxygen atoms in total. The second-order valence-electron chi connectivity index (χ2n) is 1.87. The van der Waals surface area contributed by atoms with Crippen LogP contribution in [0.1, 0.15) is 6.92 Å². The molecule has 1 aliphatic rings. The van der Waals surface area contributed by atoms with Gasteiger partial charge in [0.25, 0.3) is 11.8 Å². The molecule has 1 rings (SSSR count). The molecule has 0 aromatic heterocycles. The van der Waals surface area contributed by atoms with Crippen molar-refractivity contribution in [2.75, 3.05) is 0 Å². The number of hydrogen-bond acceptors (Lipinski definition) is 3. The fourth-order valence-electron chi connectivity index (χ4n) is 0.670. The van der Waals surface area contributed by atoms with Crippen molar-refractivity contribution in [3.63, 3.8) is 0 Å². The molecule has 10 heavy (non-hydrogen) atoms. The first-order valence-electron chi connectivity index (χ1n) is 2.63. The summed E-state index contributed by atoms with van der Waals surface area (Å²) in [5, 5.41) is 8.75. The third-order valence-electron chi connectivity index (χ3n) is 1.11. The lowest BCUT2D eigenvalue weighted by Crippen LogP contribution is -2.28. The average molecular weight is 142 g/mol. The molecular formula is C5H6N2O3. The zero-order chi connectivity index (χ0) is 7.72. The number of nitrogens with one attached hydrogen (secondary N) is 2. The van der Waals surface area contributed by atoms with E-state index in [1.165, 1.54) is 6.92 Å². The number of carbonyl (C=O) groups excluding carboxylic acids is 2. The fraction of sp³-hybridized carbons (Fsp3) is 0.200. The number of aliphatic hydroxyl groups is 1. The monoisotopic (exact) mass is 142 g/mol. The maximum atomic E-state index is 10.6. The summed E-state index contributed by atoms with van der Waals surface area (Å²) in [6.07, 6.45) is 0. The van der Waals surface area contributed by atoms with Gasteiger partial charge in [-0.2, -0.15) is 0 Å². The summed E-state index contributed by atoms with van der Waals surface area (Å²) >= 11 is 0. The Bertz CT molecular complexity index is 209. The fourth-order valence-corrected chi connectivity index (χ4v) is 0.670. The van der Waals surface area contributed by atoms with E-state index in [0.717, 1.165) is 0 Å². The van der Waals surface area contributed by atoms with Gasteiger partial charge in [0.2, 0.25) is 0 Å². The Morgan fingerprint density at radius 2 is 1.70 bits per heavy atom. The Balaban J connectivity index is 3.05. The molecular weight excluding hydrogens is 136 g/mol. The molecule has 0 aromatic rings. The van der Waals surface area contributed by atoms with E-state index < -0.39 is 11.8 Å². The van der Waals surface area contributed by atoms with Gasteiger partial charge in [-0.1, -0.05) is 0 Å². The molecule has 54 valence electrons. The number of rotatable bonds is 0. The van der Waals surface area contributed by atoms with Crippen molar-refractivity contribution in [1.29, 1.82) is 0 Å². The van der Waals surface area contributed by atoms with Gasteiger partial charge in [-0.25, -0.2) is 0 Å². The zero-order valence-electron chi connectivity index (χ0n) is 5.26. The maximum Gasteiger partial charge on any atom is 0.278 e. The second-order valence-corrected chi connectivity index (χ2v) is 1.87. The van der Waals surface area contributed by atoms with Gasteiger partial charge in [0, 0.05) is 0 Å². The van der Waals surface area contributed by atoms with Crippen LogP contribution in [0.2, 0.25) is 0 Å². The molecule has 0 aromatic carbocycles. The Morgan fingerprint density at radius 3 is 1.90 bits per heavy atom. The van der Waals surface area contributed by atoms with Gasteiger partial charge in [-0.05, 0) is 6.92 Å². The van der Waals surface area contributed by atoms with Crippen LogP contribution >= 0.6 is 0 Å². The van der Waals surface area contributed by atoms with Crippen molar-refractivity contribution >= 4 is 11.8 Å². The van der Waals surface area contributed by atoms with Crippen molar-refractivity contribution in [2.45, 2.75) is 6.92 Å². The molecule has 0 radical (unpaired) electrons. The van der Waals surface area contributed by atoms with E-state index in [4.69, 9.17) is 5.11 Å². The summed E-state index contributed by atoms with van der Waals surface area (Å²) in [7, 11) is 0. The highest BCUT2D eigenvalue weighted by Crippen LogP contribution is 2.04. The lowest BCUT2D eigenvalue weighted by atomic mass is 10.2. The number of aliphatic hydroxyl groups excluding tert-OH is 1. The van der Waals surface area contributed by atoms with Crippen LogP contribution in [-0.2, 0) is 9.59 Å². The highest BCUT2D eigenvalue weighted by Gasteiger charge is 2.27. The van der Waals surface area contributed by atoms with E-state index in [9.17, 15) is 9.59 Å². The molecule has 0 aliphatic carbocycles. The summed E-state index contributed by atoms with van der Waals surface area (Å²) in [6.45, 7) is 1.28. The SMILES string of the molecule is CC(O)=C1C(=O)NNC1=O. The van der Waals surface area contributed by atoms with Gasteiger partial charge in [0.15, 0.2) is 0 Å². The van der Waals surface area contributed by atoms with Crippen molar-refractivity contribution < 1.29 is 14.7 Å². The van der Waals surface area contributed by atoms with Gasteiger partial charge in [0.1, 0.15) is 11.3 Å². The van der Waals surface area contributed by atoms with Crippen LogP contribution in [0, 0.1) is 0 Å². The highest BCUT2D eigenvalue weighted by molar-refractivity contribution is 6.22. The zero-order valence-corrected chi connectivity index (χ0v) is 5.26. The Morgan fingerprint density at radius 1 is 1.30 bits per heavy atom. The number of amides is 2. The molecule has 3 N–H and O–H groups in total. The molecule has 5 heteroatoms. The molecule has 1 heterocycles. The van der Waals surface area contributed by atoms with Crippen molar-refractivity contribution in [3.8, 4) is 0 Å². The average Bonchev–Trinajstić information content (AvgIpc) is 2.11. The van der Waals surface area contributed by atoms with Crippen LogP contribution in [0.25, 0.3) is 0 Å². The van der Waals surface area contributed by atoms with Crippen molar-refractivity contribution in [3.05, 3.63) is 11.3 Å². The van der Waals surface area contributed by atoms with E-state index in [1.54, 1.807) is 0 Å². The van der Waals surface area contributed by atoms with Crippen LogP contribution in [0.4, 0.5) is 0 Å². The van der Waals surface area contributed by atoms with Gasteiger partial charge in [0.05, 0.1) is 0 Å². The third-order valence-corrected chi connectivity index (χ3v) is 1.11. The van der Waals surface area contributed by atoms with Crippen LogP contribution in [0.5, 0.6) is 0 Å². The van der Waals surface area contributed by atoms with E-state index in [2.05, 4.69) is 0 Å². The number of hydrazine groups is 1. The second kappa shape index (κ2) is 2.02. The summed E-state index contributed by atoms with van der Waals surface area (Å²) in [6, 6.07) is 0. The van der Waals surface area contributed by atoms with E-state index >= 15 is 0 Å². The molecule has 1 fully saturated rings. The number of allylic oxidation sites excluding steroid dienone is 1. The highest BCUT2D eigenvalue weighted by atomic mass is 16.3. The Labute approximate surface area is 56.7 Å².